The number of aliphatic hydroxyl groups excluding tert-OH is 2. The van der Waals surface area contributed by atoms with Gasteiger partial charge in [0.15, 0.2) is 0 Å². The summed E-state index contributed by atoms with van der Waals surface area (Å²) < 4.78 is 10.5. The highest BCUT2D eigenvalue weighted by Crippen LogP contribution is 2.21. The molecule has 5 nitrogen and oxygen atoms in total. The maximum atomic E-state index is 10.0. The highest BCUT2D eigenvalue weighted by molar-refractivity contribution is 4.82. The number of hydrogen-bond donors (Lipinski definition) is 2. The van der Waals surface area contributed by atoms with E-state index in [9.17, 15) is 10.2 Å². The highest BCUT2D eigenvalue weighted by atomic mass is 16.5. The van der Waals surface area contributed by atoms with Gasteiger partial charge in [-0.25, -0.2) is 0 Å². The Morgan fingerprint density at radius 1 is 1.26 bits per heavy atom. The van der Waals surface area contributed by atoms with E-state index in [1.165, 1.54) is 0 Å². The average Bonchev–Trinajstić information content (AvgIpc) is 2.73. The quantitative estimate of drug-likeness (QED) is 0.646. The van der Waals surface area contributed by atoms with Crippen molar-refractivity contribution in [3.8, 4) is 0 Å². The van der Waals surface area contributed by atoms with E-state index in [2.05, 4.69) is 4.90 Å². The molecule has 1 aliphatic heterocycles. The van der Waals surface area contributed by atoms with E-state index in [1.807, 2.05) is 13.8 Å². The molecule has 0 radical (unpaired) electrons. The average molecular weight is 275 g/mol. The van der Waals surface area contributed by atoms with E-state index in [4.69, 9.17) is 9.47 Å². The molecule has 1 aliphatic rings. The summed E-state index contributed by atoms with van der Waals surface area (Å²) >= 11 is 0. The molecule has 4 atom stereocenters. The van der Waals surface area contributed by atoms with Crippen molar-refractivity contribution < 1.29 is 19.7 Å². The van der Waals surface area contributed by atoms with Crippen LogP contribution in [0.5, 0.6) is 0 Å². The van der Waals surface area contributed by atoms with Gasteiger partial charge in [-0.3, -0.25) is 4.90 Å². The minimum absolute atomic E-state index is 0.00601. The van der Waals surface area contributed by atoms with Crippen LogP contribution in [0.1, 0.15) is 33.1 Å². The molecule has 114 valence electrons. The Balaban J connectivity index is 2.24. The lowest BCUT2D eigenvalue weighted by molar-refractivity contribution is -0.0415. The van der Waals surface area contributed by atoms with Crippen LogP contribution in [0.2, 0.25) is 0 Å². The minimum atomic E-state index is -0.478. The number of rotatable bonds is 9. The van der Waals surface area contributed by atoms with Crippen molar-refractivity contribution in [2.45, 2.75) is 57.5 Å². The molecular formula is C14H29NO4. The molecule has 5 heteroatoms. The molecule has 1 saturated heterocycles. The van der Waals surface area contributed by atoms with Crippen LogP contribution in [-0.2, 0) is 9.47 Å². The van der Waals surface area contributed by atoms with Gasteiger partial charge in [0.2, 0.25) is 0 Å². The molecule has 0 aliphatic carbocycles. The lowest BCUT2D eigenvalue weighted by Crippen LogP contribution is -2.39. The van der Waals surface area contributed by atoms with E-state index in [1.54, 1.807) is 7.11 Å². The number of β-amino-alcohol motifs (C(OH)–C–C–N with tert-alkyl or cyclic N) is 1. The Hall–Kier alpha value is -0.200. The topological polar surface area (TPSA) is 62.2 Å². The lowest BCUT2D eigenvalue weighted by Gasteiger charge is -2.28. The van der Waals surface area contributed by atoms with Gasteiger partial charge in [-0.1, -0.05) is 0 Å². The SMILES string of the molecule is COC[C@H](C)OC[C@H](O)CN1CCC[C@H]1C[C@@H](C)O. The number of methoxy groups -OCH3 is 1. The Morgan fingerprint density at radius 2 is 2.00 bits per heavy atom. The predicted molar refractivity (Wildman–Crippen MR) is 74.2 cm³/mol. The number of likely N-dealkylation sites (tertiary alicyclic amines) is 1. The van der Waals surface area contributed by atoms with E-state index < -0.39 is 6.10 Å². The molecule has 0 amide bonds. The van der Waals surface area contributed by atoms with Gasteiger partial charge in [0.25, 0.3) is 0 Å². The molecule has 19 heavy (non-hydrogen) atoms. The van der Waals surface area contributed by atoms with Crippen LogP contribution in [0.3, 0.4) is 0 Å². The summed E-state index contributed by atoms with van der Waals surface area (Å²) in [6, 6.07) is 0.394. The van der Waals surface area contributed by atoms with Crippen LogP contribution in [-0.4, -0.2) is 72.9 Å². The molecule has 0 aromatic carbocycles. The first-order valence-electron chi connectivity index (χ1n) is 7.23. The summed E-state index contributed by atoms with van der Waals surface area (Å²) in [5.74, 6) is 0. The largest absolute Gasteiger partial charge is 0.393 e. The van der Waals surface area contributed by atoms with E-state index >= 15 is 0 Å². The van der Waals surface area contributed by atoms with Crippen molar-refractivity contribution in [1.82, 2.24) is 4.90 Å². The van der Waals surface area contributed by atoms with Gasteiger partial charge in [-0.05, 0) is 39.7 Å². The van der Waals surface area contributed by atoms with Crippen molar-refractivity contribution in [3.63, 3.8) is 0 Å². The summed E-state index contributed by atoms with van der Waals surface area (Å²) in [5, 5.41) is 19.5. The molecule has 2 N–H and O–H groups in total. The van der Waals surface area contributed by atoms with Gasteiger partial charge in [0.05, 0.1) is 31.5 Å². The molecule has 0 aromatic heterocycles. The van der Waals surface area contributed by atoms with Gasteiger partial charge in [-0.2, -0.15) is 0 Å². The summed E-state index contributed by atoms with van der Waals surface area (Å²) in [4.78, 5) is 2.27. The predicted octanol–water partition coefficient (Wildman–Crippen LogP) is 0.634. The summed E-state index contributed by atoms with van der Waals surface area (Å²) in [5.41, 5.74) is 0. The molecule has 1 heterocycles. The maximum Gasteiger partial charge on any atom is 0.0900 e. The van der Waals surface area contributed by atoms with Gasteiger partial charge in [0.1, 0.15) is 0 Å². The first kappa shape index (κ1) is 16.9. The number of ether oxygens (including phenoxy) is 2. The van der Waals surface area contributed by atoms with Gasteiger partial charge >= 0.3 is 0 Å². The molecule has 1 rings (SSSR count). The zero-order chi connectivity index (χ0) is 14.3. The zero-order valence-corrected chi connectivity index (χ0v) is 12.4. The second-order valence-electron chi connectivity index (χ2n) is 5.63. The Kier molecular flexibility index (Phi) is 7.87. The normalized spacial score (nSPS) is 25.4. The van der Waals surface area contributed by atoms with Gasteiger partial charge in [0, 0.05) is 19.7 Å². The fourth-order valence-electron chi connectivity index (χ4n) is 2.68. The molecule has 0 aromatic rings. The fourth-order valence-corrected chi connectivity index (χ4v) is 2.68. The van der Waals surface area contributed by atoms with Crippen molar-refractivity contribution in [1.29, 1.82) is 0 Å². The standard InChI is InChI=1S/C14H29NO4/c1-11(16)7-13-5-4-6-15(13)8-14(17)10-19-12(2)9-18-3/h11-14,16-17H,4-10H2,1-3H3/t11-,12+,13+,14-/m1/s1. The Morgan fingerprint density at radius 3 is 2.63 bits per heavy atom. The third kappa shape index (κ3) is 6.68. The molecule has 0 spiro atoms. The minimum Gasteiger partial charge on any atom is -0.393 e. The molecule has 0 unspecified atom stereocenters. The van der Waals surface area contributed by atoms with Gasteiger partial charge in [-0.15, -0.1) is 0 Å². The zero-order valence-electron chi connectivity index (χ0n) is 12.4. The number of aliphatic hydroxyl groups is 2. The molecule has 0 saturated carbocycles. The molecular weight excluding hydrogens is 246 g/mol. The smallest absolute Gasteiger partial charge is 0.0900 e. The fraction of sp³-hybridized carbons (Fsp3) is 1.00. The second kappa shape index (κ2) is 8.87. The third-order valence-corrected chi connectivity index (χ3v) is 3.53. The van der Waals surface area contributed by atoms with Crippen molar-refractivity contribution in [3.05, 3.63) is 0 Å². The summed E-state index contributed by atoms with van der Waals surface area (Å²) in [7, 11) is 1.64. The first-order chi connectivity index (χ1) is 9.02. The first-order valence-corrected chi connectivity index (χ1v) is 7.23. The van der Waals surface area contributed by atoms with E-state index in [0.717, 1.165) is 25.8 Å². The van der Waals surface area contributed by atoms with Crippen molar-refractivity contribution >= 4 is 0 Å². The maximum absolute atomic E-state index is 10.0. The van der Waals surface area contributed by atoms with Gasteiger partial charge < -0.3 is 19.7 Å². The van der Waals surface area contributed by atoms with E-state index in [-0.39, 0.29) is 12.2 Å². The van der Waals surface area contributed by atoms with Crippen LogP contribution in [0.4, 0.5) is 0 Å². The van der Waals surface area contributed by atoms with Crippen LogP contribution in [0.15, 0.2) is 0 Å². The van der Waals surface area contributed by atoms with Crippen molar-refractivity contribution in [2.75, 3.05) is 33.4 Å². The van der Waals surface area contributed by atoms with Crippen molar-refractivity contribution in [2.24, 2.45) is 0 Å². The van der Waals surface area contributed by atoms with Crippen LogP contribution in [0.25, 0.3) is 0 Å². The van der Waals surface area contributed by atoms with E-state index in [0.29, 0.717) is 25.8 Å². The highest BCUT2D eigenvalue weighted by Gasteiger charge is 2.27. The van der Waals surface area contributed by atoms with Crippen LogP contribution >= 0.6 is 0 Å². The summed E-state index contributed by atoms with van der Waals surface area (Å²) in [6.07, 6.45) is 2.29. The third-order valence-electron chi connectivity index (χ3n) is 3.53. The summed E-state index contributed by atoms with van der Waals surface area (Å²) in [6.45, 7) is 6.26. The monoisotopic (exact) mass is 275 g/mol. The second-order valence-corrected chi connectivity index (χ2v) is 5.63. The Labute approximate surface area is 116 Å². The van der Waals surface area contributed by atoms with Crippen LogP contribution < -0.4 is 0 Å². The lowest BCUT2D eigenvalue weighted by atomic mass is 10.1. The molecule has 0 bridgehead atoms. The van der Waals surface area contributed by atoms with Crippen LogP contribution in [0, 0.1) is 0 Å². The number of nitrogens with zero attached hydrogens (tertiary/aromatic N) is 1. The Bertz CT molecular complexity index is 237. The number of hydrogen-bond acceptors (Lipinski definition) is 5. The molecule has 1 fully saturated rings.